The van der Waals surface area contributed by atoms with Crippen LogP contribution in [0.25, 0.3) is 11.1 Å². The van der Waals surface area contributed by atoms with Crippen molar-refractivity contribution in [2.75, 3.05) is 5.73 Å². The topological polar surface area (TPSA) is 38.9 Å². The monoisotopic (exact) mass is 260 g/mol. The summed E-state index contributed by atoms with van der Waals surface area (Å²) < 4.78 is 0. The summed E-state index contributed by atoms with van der Waals surface area (Å²) in [5, 5.41) is 0. The van der Waals surface area contributed by atoms with E-state index in [1.807, 2.05) is 18.2 Å². The number of pyridine rings is 1. The number of nitrogens with zero attached hydrogens (tertiary/aromatic N) is 1. The zero-order chi connectivity index (χ0) is 13.8. The fourth-order valence-corrected chi connectivity index (χ4v) is 2.27. The molecule has 0 aliphatic rings. The molecule has 3 rings (SSSR count). The minimum Gasteiger partial charge on any atom is -0.383 e. The molecule has 0 bridgehead atoms. The van der Waals surface area contributed by atoms with Gasteiger partial charge in [-0.3, -0.25) is 0 Å². The van der Waals surface area contributed by atoms with Gasteiger partial charge in [0.15, 0.2) is 0 Å². The summed E-state index contributed by atoms with van der Waals surface area (Å²) >= 11 is 0. The Kier molecular flexibility index (Phi) is 3.46. The first-order valence-corrected chi connectivity index (χ1v) is 6.66. The SMILES string of the molecule is Nc1ncccc1Cc1ccc(-c2ccccc2)cc1. The van der Waals surface area contributed by atoms with Crippen LogP contribution < -0.4 is 5.73 Å². The van der Waals surface area contributed by atoms with Gasteiger partial charge in [0.05, 0.1) is 0 Å². The van der Waals surface area contributed by atoms with Crippen molar-refractivity contribution in [1.29, 1.82) is 0 Å². The molecule has 0 saturated heterocycles. The van der Waals surface area contributed by atoms with Crippen LogP contribution in [-0.4, -0.2) is 4.98 Å². The molecule has 2 N–H and O–H groups in total. The molecule has 0 amide bonds. The number of nitrogen functional groups attached to an aromatic ring is 1. The highest BCUT2D eigenvalue weighted by Crippen LogP contribution is 2.21. The lowest BCUT2D eigenvalue weighted by molar-refractivity contribution is 1.15. The summed E-state index contributed by atoms with van der Waals surface area (Å²) in [4.78, 5) is 4.12. The fourth-order valence-electron chi connectivity index (χ4n) is 2.27. The van der Waals surface area contributed by atoms with Crippen molar-refractivity contribution in [2.45, 2.75) is 6.42 Å². The molecule has 1 aromatic heterocycles. The molecule has 3 aromatic rings. The van der Waals surface area contributed by atoms with Crippen LogP contribution in [0.3, 0.4) is 0 Å². The van der Waals surface area contributed by atoms with E-state index in [0.29, 0.717) is 5.82 Å². The van der Waals surface area contributed by atoms with Gasteiger partial charge in [0.25, 0.3) is 0 Å². The Balaban J connectivity index is 1.82. The maximum absolute atomic E-state index is 5.88. The van der Waals surface area contributed by atoms with Crippen LogP contribution in [0.15, 0.2) is 72.9 Å². The van der Waals surface area contributed by atoms with Gasteiger partial charge in [-0.2, -0.15) is 0 Å². The first-order chi connectivity index (χ1) is 9.83. The van der Waals surface area contributed by atoms with Crippen molar-refractivity contribution in [1.82, 2.24) is 4.98 Å². The molecule has 0 radical (unpaired) electrons. The number of rotatable bonds is 3. The van der Waals surface area contributed by atoms with Crippen LogP contribution in [-0.2, 0) is 6.42 Å². The summed E-state index contributed by atoms with van der Waals surface area (Å²) in [6, 6.07) is 22.9. The standard InChI is InChI=1S/C18H16N2/c19-18-17(7-4-12-20-18)13-14-8-10-16(11-9-14)15-5-2-1-3-6-15/h1-12H,13H2,(H2,19,20). The van der Waals surface area contributed by atoms with Crippen LogP contribution in [0.2, 0.25) is 0 Å². The van der Waals surface area contributed by atoms with Crippen molar-refractivity contribution >= 4 is 5.82 Å². The Morgan fingerprint density at radius 3 is 2.15 bits per heavy atom. The third-order valence-electron chi connectivity index (χ3n) is 3.38. The van der Waals surface area contributed by atoms with Crippen molar-refractivity contribution in [3.05, 3.63) is 84.1 Å². The van der Waals surface area contributed by atoms with E-state index in [-0.39, 0.29) is 0 Å². The lowest BCUT2D eigenvalue weighted by Crippen LogP contribution is -1.97. The predicted molar refractivity (Wildman–Crippen MR) is 83.3 cm³/mol. The zero-order valence-electron chi connectivity index (χ0n) is 11.2. The highest BCUT2D eigenvalue weighted by Gasteiger charge is 2.02. The Labute approximate surface area is 118 Å². The van der Waals surface area contributed by atoms with E-state index in [1.54, 1.807) is 6.20 Å². The smallest absolute Gasteiger partial charge is 0.126 e. The van der Waals surface area contributed by atoms with Gasteiger partial charge in [0.1, 0.15) is 5.82 Å². The third-order valence-corrected chi connectivity index (χ3v) is 3.38. The van der Waals surface area contributed by atoms with E-state index in [1.165, 1.54) is 16.7 Å². The molecule has 0 aliphatic carbocycles. The molecule has 2 heteroatoms. The summed E-state index contributed by atoms with van der Waals surface area (Å²) in [6.07, 6.45) is 2.53. The minimum absolute atomic E-state index is 0.611. The summed E-state index contributed by atoms with van der Waals surface area (Å²) in [5.41, 5.74) is 10.7. The molecule has 1 heterocycles. The Morgan fingerprint density at radius 1 is 0.750 bits per heavy atom. The van der Waals surface area contributed by atoms with E-state index in [4.69, 9.17) is 5.73 Å². The molecule has 0 atom stereocenters. The normalized spacial score (nSPS) is 10.4. The maximum atomic E-state index is 5.88. The average molecular weight is 260 g/mol. The molecular weight excluding hydrogens is 244 g/mol. The second kappa shape index (κ2) is 5.57. The molecular formula is C18H16N2. The van der Waals surface area contributed by atoms with Crippen molar-refractivity contribution in [3.8, 4) is 11.1 Å². The van der Waals surface area contributed by atoms with Crippen LogP contribution in [0.5, 0.6) is 0 Å². The third kappa shape index (κ3) is 2.69. The predicted octanol–water partition coefficient (Wildman–Crippen LogP) is 3.92. The van der Waals surface area contributed by atoms with Gasteiger partial charge in [-0.15, -0.1) is 0 Å². The Hall–Kier alpha value is -2.61. The van der Waals surface area contributed by atoms with E-state index in [2.05, 4.69) is 53.5 Å². The van der Waals surface area contributed by atoms with Crippen LogP contribution in [0, 0.1) is 0 Å². The van der Waals surface area contributed by atoms with Gasteiger partial charge in [0.2, 0.25) is 0 Å². The first kappa shape index (κ1) is 12.4. The molecule has 0 fully saturated rings. The van der Waals surface area contributed by atoms with E-state index in [0.717, 1.165) is 12.0 Å². The summed E-state index contributed by atoms with van der Waals surface area (Å²) in [5.74, 6) is 0.611. The lowest BCUT2D eigenvalue weighted by Gasteiger charge is -2.06. The van der Waals surface area contributed by atoms with Crippen LogP contribution in [0.4, 0.5) is 5.82 Å². The van der Waals surface area contributed by atoms with Gasteiger partial charge >= 0.3 is 0 Å². The number of aromatic nitrogens is 1. The van der Waals surface area contributed by atoms with Crippen molar-refractivity contribution < 1.29 is 0 Å². The molecule has 0 aliphatic heterocycles. The van der Waals surface area contributed by atoms with Gasteiger partial charge in [-0.05, 0) is 28.3 Å². The summed E-state index contributed by atoms with van der Waals surface area (Å²) in [6.45, 7) is 0. The number of hydrogen-bond donors (Lipinski definition) is 1. The summed E-state index contributed by atoms with van der Waals surface area (Å²) in [7, 11) is 0. The minimum atomic E-state index is 0.611. The largest absolute Gasteiger partial charge is 0.383 e. The Morgan fingerprint density at radius 2 is 1.45 bits per heavy atom. The first-order valence-electron chi connectivity index (χ1n) is 6.66. The van der Waals surface area contributed by atoms with Crippen molar-refractivity contribution in [3.63, 3.8) is 0 Å². The lowest BCUT2D eigenvalue weighted by atomic mass is 10.0. The molecule has 2 nitrogen and oxygen atoms in total. The number of anilines is 1. The Bertz CT molecular complexity index is 688. The van der Waals surface area contributed by atoms with Gasteiger partial charge in [-0.25, -0.2) is 4.98 Å². The molecule has 0 unspecified atom stereocenters. The van der Waals surface area contributed by atoms with Gasteiger partial charge in [-0.1, -0.05) is 60.7 Å². The van der Waals surface area contributed by atoms with Gasteiger partial charge < -0.3 is 5.73 Å². The fraction of sp³-hybridized carbons (Fsp3) is 0.0556. The second-order valence-electron chi connectivity index (χ2n) is 4.79. The highest BCUT2D eigenvalue weighted by molar-refractivity contribution is 5.63. The number of benzene rings is 2. The molecule has 0 spiro atoms. The van der Waals surface area contributed by atoms with Crippen LogP contribution in [0.1, 0.15) is 11.1 Å². The number of hydrogen-bond acceptors (Lipinski definition) is 2. The maximum Gasteiger partial charge on any atom is 0.126 e. The molecule has 2 aromatic carbocycles. The van der Waals surface area contributed by atoms with Crippen molar-refractivity contribution in [2.24, 2.45) is 0 Å². The second-order valence-corrected chi connectivity index (χ2v) is 4.79. The number of nitrogens with two attached hydrogens (primary N) is 1. The van der Waals surface area contributed by atoms with E-state index < -0.39 is 0 Å². The highest BCUT2D eigenvalue weighted by atomic mass is 14.8. The van der Waals surface area contributed by atoms with E-state index >= 15 is 0 Å². The quantitative estimate of drug-likeness (QED) is 0.775. The zero-order valence-corrected chi connectivity index (χ0v) is 11.2. The van der Waals surface area contributed by atoms with E-state index in [9.17, 15) is 0 Å². The molecule has 98 valence electrons. The molecule has 0 saturated carbocycles. The van der Waals surface area contributed by atoms with Gasteiger partial charge in [0, 0.05) is 12.6 Å². The molecule has 20 heavy (non-hydrogen) atoms. The van der Waals surface area contributed by atoms with Crippen LogP contribution >= 0.6 is 0 Å². The average Bonchev–Trinajstić information content (AvgIpc) is 2.51.